The van der Waals surface area contributed by atoms with Gasteiger partial charge in [-0.2, -0.15) is 0 Å². The molecule has 0 unspecified atom stereocenters. The largest absolute Gasteiger partial charge is 0.352 e. The van der Waals surface area contributed by atoms with Crippen molar-refractivity contribution in [1.82, 2.24) is 20.3 Å². The summed E-state index contributed by atoms with van der Waals surface area (Å²) in [6.07, 6.45) is 9.25. The number of aromatic nitrogens is 3. The van der Waals surface area contributed by atoms with Crippen LogP contribution in [0.1, 0.15) is 32.4 Å². The van der Waals surface area contributed by atoms with Crippen molar-refractivity contribution in [2.24, 2.45) is 0 Å². The Labute approximate surface area is 150 Å². The van der Waals surface area contributed by atoms with Crippen LogP contribution >= 0.6 is 11.3 Å². The van der Waals surface area contributed by atoms with Crippen LogP contribution in [-0.4, -0.2) is 27.4 Å². The molecular formula is C19H18N4OS. The lowest BCUT2D eigenvalue weighted by Gasteiger charge is -2.06. The molecule has 6 heteroatoms. The summed E-state index contributed by atoms with van der Waals surface area (Å²) in [5.41, 5.74) is 3.54. The highest BCUT2D eigenvalue weighted by molar-refractivity contribution is 7.11. The fraction of sp³-hybridized carbons (Fsp3) is 0.263. The molecule has 1 amide bonds. The average molecular weight is 350 g/mol. The first-order valence-corrected chi connectivity index (χ1v) is 9.23. The van der Waals surface area contributed by atoms with Gasteiger partial charge in [0.05, 0.1) is 22.6 Å². The first-order valence-electron chi connectivity index (χ1n) is 8.42. The van der Waals surface area contributed by atoms with Gasteiger partial charge in [-0.05, 0) is 31.4 Å². The normalized spacial score (nSPS) is 12.8. The highest BCUT2D eigenvalue weighted by Gasteiger charge is 2.16. The van der Waals surface area contributed by atoms with Gasteiger partial charge in [-0.25, -0.2) is 4.98 Å². The Kier molecular flexibility index (Phi) is 4.52. The van der Waals surface area contributed by atoms with Gasteiger partial charge in [0, 0.05) is 41.4 Å². The number of benzene rings is 1. The summed E-state index contributed by atoms with van der Waals surface area (Å²) in [4.78, 5) is 26.8. The number of nitrogens with zero attached hydrogens (tertiary/aromatic N) is 3. The Hall–Kier alpha value is -2.60. The van der Waals surface area contributed by atoms with Gasteiger partial charge in [0.1, 0.15) is 0 Å². The molecule has 4 rings (SSSR count). The Morgan fingerprint density at radius 1 is 1.24 bits per heavy atom. The number of thiazole rings is 1. The van der Waals surface area contributed by atoms with E-state index in [1.165, 1.54) is 17.0 Å². The zero-order valence-corrected chi connectivity index (χ0v) is 14.6. The lowest BCUT2D eigenvalue weighted by molar-refractivity contribution is 0.0954. The van der Waals surface area contributed by atoms with Crippen molar-refractivity contribution < 1.29 is 4.79 Å². The molecule has 0 spiro atoms. The molecule has 0 fully saturated rings. The minimum atomic E-state index is -0.0742. The predicted molar refractivity (Wildman–Crippen MR) is 97.6 cm³/mol. The average Bonchev–Trinajstić information content (AvgIpc) is 3.24. The molecule has 3 aromatic rings. The lowest BCUT2D eigenvalue weighted by Crippen LogP contribution is -2.25. The number of amides is 1. The van der Waals surface area contributed by atoms with Crippen LogP contribution in [0.15, 0.2) is 42.9 Å². The van der Waals surface area contributed by atoms with E-state index in [0.29, 0.717) is 12.1 Å². The molecule has 0 radical (unpaired) electrons. The van der Waals surface area contributed by atoms with Crippen molar-refractivity contribution in [3.05, 3.63) is 64.0 Å². The summed E-state index contributed by atoms with van der Waals surface area (Å²) < 4.78 is 0. The number of rotatable bonds is 5. The number of aryl methyl sites for hydroxylation is 2. The van der Waals surface area contributed by atoms with Crippen LogP contribution in [0.2, 0.25) is 0 Å². The molecule has 1 N–H and O–H groups in total. The van der Waals surface area contributed by atoms with Crippen molar-refractivity contribution in [2.45, 2.75) is 25.7 Å². The maximum absolute atomic E-state index is 12.4. The van der Waals surface area contributed by atoms with E-state index in [4.69, 9.17) is 0 Å². The van der Waals surface area contributed by atoms with Crippen LogP contribution in [0, 0.1) is 0 Å². The molecule has 0 saturated carbocycles. The van der Waals surface area contributed by atoms with E-state index in [9.17, 15) is 4.79 Å². The van der Waals surface area contributed by atoms with E-state index in [-0.39, 0.29) is 5.91 Å². The minimum Gasteiger partial charge on any atom is -0.352 e. The van der Waals surface area contributed by atoms with E-state index in [1.807, 2.05) is 24.3 Å². The Morgan fingerprint density at radius 2 is 2.20 bits per heavy atom. The molecule has 2 aromatic heterocycles. The quantitative estimate of drug-likeness (QED) is 0.768. The van der Waals surface area contributed by atoms with Crippen molar-refractivity contribution >= 4 is 17.2 Å². The molecular weight excluding hydrogens is 332 g/mol. The molecule has 0 saturated heterocycles. The van der Waals surface area contributed by atoms with Gasteiger partial charge >= 0.3 is 0 Å². The van der Waals surface area contributed by atoms with Gasteiger partial charge in [-0.3, -0.25) is 14.8 Å². The predicted octanol–water partition coefficient (Wildman–Crippen LogP) is 3.06. The number of carbonyl (C=O) groups is 1. The second kappa shape index (κ2) is 7.11. The van der Waals surface area contributed by atoms with Crippen molar-refractivity contribution in [3.8, 4) is 11.3 Å². The zero-order chi connectivity index (χ0) is 17.1. The van der Waals surface area contributed by atoms with E-state index >= 15 is 0 Å². The van der Waals surface area contributed by atoms with Gasteiger partial charge in [-0.15, -0.1) is 11.3 Å². The van der Waals surface area contributed by atoms with Crippen molar-refractivity contribution in [1.29, 1.82) is 0 Å². The molecule has 0 bridgehead atoms. The van der Waals surface area contributed by atoms with Crippen LogP contribution in [0.3, 0.4) is 0 Å². The van der Waals surface area contributed by atoms with E-state index < -0.39 is 0 Å². The SMILES string of the molecule is O=C(NCCc1nc2c(s1)CCC2)c1cccc(-c2cnccn2)c1. The van der Waals surface area contributed by atoms with Crippen LogP contribution in [0.25, 0.3) is 11.3 Å². The Morgan fingerprint density at radius 3 is 3.04 bits per heavy atom. The van der Waals surface area contributed by atoms with Crippen molar-refractivity contribution in [3.63, 3.8) is 0 Å². The molecule has 1 aliphatic rings. The highest BCUT2D eigenvalue weighted by Crippen LogP contribution is 2.27. The topological polar surface area (TPSA) is 67.8 Å². The first-order chi connectivity index (χ1) is 12.3. The van der Waals surface area contributed by atoms with Gasteiger partial charge in [-0.1, -0.05) is 12.1 Å². The van der Waals surface area contributed by atoms with Gasteiger partial charge in [0.2, 0.25) is 0 Å². The maximum atomic E-state index is 12.4. The minimum absolute atomic E-state index is 0.0742. The molecule has 2 heterocycles. The monoisotopic (exact) mass is 350 g/mol. The third-order valence-electron chi connectivity index (χ3n) is 4.25. The smallest absolute Gasteiger partial charge is 0.251 e. The summed E-state index contributed by atoms with van der Waals surface area (Å²) in [5.74, 6) is -0.0742. The summed E-state index contributed by atoms with van der Waals surface area (Å²) in [5, 5.41) is 4.11. The number of carbonyl (C=O) groups excluding carboxylic acids is 1. The third-order valence-corrected chi connectivity index (χ3v) is 5.47. The number of hydrogen-bond donors (Lipinski definition) is 1. The molecule has 1 aromatic carbocycles. The van der Waals surface area contributed by atoms with Crippen LogP contribution in [0.5, 0.6) is 0 Å². The standard InChI is InChI=1S/C19H18N4OS/c24-19(22-8-7-18-23-15-5-2-6-17(15)25-18)14-4-1-3-13(11-14)16-12-20-9-10-21-16/h1,3-4,9-12H,2,5-8H2,(H,22,24). The summed E-state index contributed by atoms with van der Waals surface area (Å²) >= 11 is 1.79. The lowest BCUT2D eigenvalue weighted by atomic mass is 10.1. The molecule has 0 atom stereocenters. The first kappa shape index (κ1) is 15.9. The number of hydrogen-bond acceptors (Lipinski definition) is 5. The molecule has 5 nitrogen and oxygen atoms in total. The summed E-state index contributed by atoms with van der Waals surface area (Å²) in [7, 11) is 0. The molecule has 0 aliphatic heterocycles. The van der Waals surface area contributed by atoms with Crippen LogP contribution in [0.4, 0.5) is 0 Å². The number of fused-ring (bicyclic) bond motifs is 1. The Balaban J connectivity index is 1.37. The maximum Gasteiger partial charge on any atom is 0.251 e. The van der Waals surface area contributed by atoms with Gasteiger partial charge < -0.3 is 5.32 Å². The molecule has 126 valence electrons. The second-order valence-electron chi connectivity index (χ2n) is 6.01. The van der Waals surface area contributed by atoms with E-state index in [1.54, 1.807) is 29.9 Å². The fourth-order valence-electron chi connectivity index (χ4n) is 3.00. The van der Waals surface area contributed by atoms with Crippen LogP contribution in [-0.2, 0) is 19.3 Å². The summed E-state index contributed by atoms with van der Waals surface area (Å²) in [6.45, 7) is 0.598. The second-order valence-corrected chi connectivity index (χ2v) is 7.18. The van der Waals surface area contributed by atoms with Crippen LogP contribution < -0.4 is 5.32 Å². The van der Waals surface area contributed by atoms with Gasteiger partial charge in [0.15, 0.2) is 0 Å². The van der Waals surface area contributed by atoms with E-state index in [2.05, 4.69) is 20.3 Å². The Bertz CT molecular complexity index is 870. The van der Waals surface area contributed by atoms with E-state index in [0.717, 1.165) is 35.5 Å². The fourth-order valence-corrected chi connectivity index (χ4v) is 4.16. The van der Waals surface area contributed by atoms with Crippen molar-refractivity contribution in [2.75, 3.05) is 6.54 Å². The summed E-state index contributed by atoms with van der Waals surface area (Å²) in [6, 6.07) is 7.45. The molecule has 25 heavy (non-hydrogen) atoms. The zero-order valence-electron chi connectivity index (χ0n) is 13.7. The molecule has 1 aliphatic carbocycles. The third kappa shape index (κ3) is 3.58. The highest BCUT2D eigenvalue weighted by atomic mass is 32.1. The number of nitrogens with one attached hydrogen (secondary N) is 1. The van der Waals surface area contributed by atoms with Gasteiger partial charge in [0.25, 0.3) is 5.91 Å².